The SMILES string of the molecule is c1ccc(-c2cnc3c(c2)-c2ccccc2C3)cc1. The standard InChI is InChI=1S/C18H13N/c1-2-6-13(7-3-1)15-10-17-16-9-5-4-8-14(16)11-18(17)19-12-15/h1-10,12H,11H2. The first kappa shape index (κ1) is 10.5. The highest BCUT2D eigenvalue weighted by molar-refractivity contribution is 5.79. The maximum atomic E-state index is 4.65. The molecule has 1 heteroatoms. The lowest BCUT2D eigenvalue weighted by Crippen LogP contribution is -1.87. The molecule has 0 saturated heterocycles. The molecule has 1 nitrogen and oxygen atoms in total. The molecule has 0 fully saturated rings. The second-order valence-corrected chi connectivity index (χ2v) is 4.92. The fraction of sp³-hybridized carbons (Fsp3) is 0.0556. The minimum atomic E-state index is 0.959. The van der Waals surface area contributed by atoms with Crippen LogP contribution < -0.4 is 0 Å². The minimum Gasteiger partial charge on any atom is -0.260 e. The number of nitrogens with zero attached hydrogens (tertiary/aromatic N) is 1. The van der Waals surface area contributed by atoms with Crippen LogP contribution in [0, 0.1) is 0 Å². The third kappa shape index (κ3) is 1.66. The Balaban J connectivity index is 1.89. The molecule has 0 bridgehead atoms. The van der Waals surface area contributed by atoms with Gasteiger partial charge in [0.05, 0.1) is 5.69 Å². The molecule has 0 atom stereocenters. The zero-order valence-electron chi connectivity index (χ0n) is 10.5. The summed E-state index contributed by atoms with van der Waals surface area (Å²) in [7, 11) is 0. The van der Waals surface area contributed by atoms with Crippen molar-refractivity contribution in [2.75, 3.05) is 0 Å². The molecule has 0 saturated carbocycles. The van der Waals surface area contributed by atoms with E-state index >= 15 is 0 Å². The lowest BCUT2D eigenvalue weighted by atomic mass is 10.0. The number of hydrogen-bond acceptors (Lipinski definition) is 1. The monoisotopic (exact) mass is 243 g/mol. The quantitative estimate of drug-likeness (QED) is 0.485. The number of aromatic nitrogens is 1. The van der Waals surface area contributed by atoms with Gasteiger partial charge in [0.2, 0.25) is 0 Å². The van der Waals surface area contributed by atoms with Gasteiger partial charge in [-0.15, -0.1) is 0 Å². The van der Waals surface area contributed by atoms with E-state index in [1.54, 1.807) is 0 Å². The summed E-state index contributed by atoms with van der Waals surface area (Å²) in [5.74, 6) is 0. The summed E-state index contributed by atoms with van der Waals surface area (Å²) in [6.45, 7) is 0. The second kappa shape index (κ2) is 4.06. The number of hydrogen-bond donors (Lipinski definition) is 0. The third-order valence-electron chi connectivity index (χ3n) is 3.74. The van der Waals surface area contributed by atoms with E-state index in [0.717, 1.165) is 6.42 Å². The summed E-state index contributed by atoms with van der Waals surface area (Å²) in [6.07, 6.45) is 2.95. The number of fused-ring (bicyclic) bond motifs is 3. The van der Waals surface area contributed by atoms with Gasteiger partial charge in [-0.05, 0) is 22.8 Å². The van der Waals surface area contributed by atoms with Crippen LogP contribution in [0.15, 0.2) is 66.9 Å². The van der Waals surface area contributed by atoms with E-state index in [0.29, 0.717) is 0 Å². The van der Waals surface area contributed by atoms with Crippen molar-refractivity contribution in [1.82, 2.24) is 4.98 Å². The van der Waals surface area contributed by atoms with Crippen LogP contribution in [0.4, 0.5) is 0 Å². The zero-order valence-corrected chi connectivity index (χ0v) is 10.5. The maximum Gasteiger partial charge on any atom is 0.0526 e. The molecule has 0 unspecified atom stereocenters. The van der Waals surface area contributed by atoms with E-state index in [9.17, 15) is 0 Å². The van der Waals surface area contributed by atoms with Crippen molar-refractivity contribution in [3.8, 4) is 22.3 Å². The highest BCUT2D eigenvalue weighted by Gasteiger charge is 2.19. The Morgan fingerprint density at radius 1 is 0.737 bits per heavy atom. The van der Waals surface area contributed by atoms with Gasteiger partial charge in [-0.1, -0.05) is 54.6 Å². The molecule has 0 aliphatic heterocycles. The van der Waals surface area contributed by atoms with E-state index < -0.39 is 0 Å². The Morgan fingerprint density at radius 3 is 2.42 bits per heavy atom. The highest BCUT2D eigenvalue weighted by atomic mass is 14.7. The van der Waals surface area contributed by atoms with Gasteiger partial charge in [0.15, 0.2) is 0 Å². The summed E-state index contributed by atoms with van der Waals surface area (Å²) in [6, 6.07) is 21.3. The molecule has 1 aliphatic carbocycles. The van der Waals surface area contributed by atoms with Crippen LogP contribution in [0.5, 0.6) is 0 Å². The van der Waals surface area contributed by atoms with Crippen molar-refractivity contribution in [2.24, 2.45) is 0 Å². The highest BCUT2D eigenvalue weighted by Crippen LogP contribution is 2.37. The van der Waals surface area contributed by atoms with Gasteiger partial charge in [-0.2, -0.15) is 0 Å². The largest absolute Gasteiger partial charge is 0.260 e. The summed E-state index contributed by atoms with van der Waals surface area (Å²) in [5.41, 5.74) is 7.62. The van der Waals surface area contributed by atoms with Crippen LogP contribution in [0.2, 0.25) is 0 Å². The molecule has 19 heavy (non-hydrogen) atoms. The molecule has 4 rings (SSSR count). The Labute approximate surface area is 112 Å². The van der Waals surface area contributed by atoms with E-state index in [4.69, 9.17) is 0 Å². The van der Waals surface area contributed by atoms with Crippen LogP contribution in [-0.2, 0) is 6.42 Å². The molecule has 3 aromatic rings. The molecule has 0 amide bonds. The lowest BCUT2D eigenvalue weighted by Gasteiger charge is -2.05. The van der Waals surface area contributed by atoms with Gasteiger partial charge >= 0.3 is 0 Å². The lowest BCUT2D eigenvalue weighted by molar-refractivity contribution is 1.12. The fourth-order valence-corrected chi connectivity index (χ4v) is 2.77. The summed E-state index contributed by atoms with van der Waals surface area (Å²) >= 11 is 0. The maximum absolute atomic E-state index is 4.65. The van der Waals surface area contributed by atoms with Crippen molar-refractivity contribution in [1.29, 1.82) is 0 Å². The Kier molecular flexibility index (Phi) is 2.25. The summed E-state index contributed by atoms with van der Waals surface area (Å²) in [5, 5.41) is 0. The molecular weight excluding hydrogens is 230 g/mol. The zero-order chi connectivity index (χ0) is 12.7. The molecule has 0 N–H and O–H groups in total. The Bertz CT molecular complexity index is 745. The molecule has 2 aromatic carbocycles. The molecule has 1 heterocycles. The molecule has 0 spiro atoms. The molecule has 1 aliphatic rings. The van der Waals surface area contributed by atoms with Crippen molar-refractivity contribution in [2.45, 2.75) is 6.42 Å². The Morgan fingerprint density at radius 2 is 1.53 bits per heavy atom. The van der Waals surface area contributed by atoms with Crippen LogP contribution in [0.1, 0.15) is 11.3 Å². The first-order chi connectivity index (χ1) is 9.42. The predicted molar refractivity (Wildman–Crippen MR) is 77.9 cm³/mol. The van der Waals surface area contributed by atoms with Crippen LogP contribution in [0.25, 0.3) is 22.3 Å². The number of benzene rings is 2. The van der Waals surface area contributed by atoms with Gasteiger partial charge in [-0.25, -0.2) is 0 Å². The first-order valence-corrected chi connectivity index (χ1v) is 6.54. The molecule has 90 valence electrons. The topological polar surface area (TPSA) is 12.9 Å². The van der Waals surface area contributed by atoms with Gasteiger partial charge in [-0.3, -0.25) is 4.98 Å². The average molecular weight is 243 g/mol. The van der Waals surface area contributed by atoms with E-state index in [-0.39, 0.29) is 0 Å². The van der Waals surface area contributed by atoms with Crippen LogP contribution >= 0.6 is 0 Å². The number of pyridine rings is 1. The third-order valence-corrected chi connectivity index (χ3v) is 3.74. The van der Waals surface area contributed by atoms with Gasteiger partial charge < -0.3 is 0 Å². The van der Waals surface area contributed by atoms with E-state index in [1.165, 1.54) is 33.5 Å². The van der Waals surface area contributed by atoms with Gasteiger partial charge in [0, 0.05) is 23.7 Å². The smallest absolute Gasteiger partial charge is 0.0526 e. The van der Waals surface area contributed by atoms with Gasteiger partial charge in [0.25, 0.3) is 0 Å². The summed E-state index contributed by atoms with van der Waals surface area (Å²) < 4.78 is 0. The summed E-state index contributed by atoms with van der Waals surface area (Å²) in [4.78, 5) is 4.65. The fourth-order valence-electron chi connectivity index (χ4n) is 2.77. The van der Waals surface area contributed by atoms with Crippen molar-refractivity contribution >= 4 is 0 Å². The predicted octanol–water partition coefficient (Wildman–Crippen LogP) is 4.32. The second-order valence-electron chi connectivity index (χ2n) is 4.92. The van der Waals surface area contributed by atoms with Crippen molar-refractivity contribution in [3.05, 3.63) is 78.1 Å². The van der Waals surface area contributed by atoms with E-state index in [1.807, 2.05) is 12.3 Å². The Hall–Kier alpha value is -2.41. The van der Waals surface area contributed by atoms with Crippen LogP contribution in [0.3, 0.4) is 0 Å². The van der Waals surface area contributed by atoms with Crippen molar-refractivity contribution in [3.63, 3.8) is 0 Å². The van der Waals surface area contributed by atoms with Gasteiger partial charge in [0.1, 0.15) is 0 Å². The minimum absolute atomic E-state index is 0.959. The normalized spacial score (nSPS) is 12.0. The van der Waals surface area contributed by atoms with E-state index in [2.05, 4.69) is 59.6 Å². The first-order valence-electron chi connectivity index (χ1n) is 6.54. The average Bonchev–Trinajstić information content (AvgIpc) is 2.86. The van der Waals surface area contributed by atoms with Crippen molar-refractivity contribution < 1.29 is 0 Å². The molecule has 1 aromatic heterocycles. The van der Waals surface area contributed by atoms with Crippen LogP contribution in [-0.4, -0.2) is 4.98 Å². The number of rotatable bonds is 1. The molecule has 0 radical (unpaired) electrons. The molecular formula is C18H13N.